The lowest BCUT2D eigenvalue weighted by Crippen LogP contribution is -2.42. The number of hydrogen-bond acceptors (Lipinski definition) is 3. The molecule has 108 valence electrons. The normalized spacial score (nSPS) is 13.3. The van der Waals surface area contributed by atoms with Gasteiger partial charge in [-0.1, -0.05) is 36.8 Å². The largest absolute Gasteiger partial charge is 0.383 e. The number of benzene rings is 1. The van der Waals surface area contributed by atoms with E-state index in [0.29, 0.717) is 6.61 Å². The van der Waals surface area contributed by atoms with Gasteiger partial charge in [-0.25, -0.2) is 0 Å². The summed E-state index contributed by atoms with van der Waals surface area (Å²) < 4.78 is 5.04. The zero-order valence-electron chi connectivity index (χ0n) is 11.7. The lowest BCUT2D eigenvalue weighted by atomic mass is 10.0. The summed E-state index contributed by atoms with van der Waals surface area (Å²) in [6, 6.07) is 7.06. The van der Waals surface area contributed by atoms with Crippen LogP contribution in [0, 0.1) is 6.92 Å². The molecule has 2 unspecified atom stereocenters. The van der Waals surface area contributed by atoms with Gasteiger partial charge < -0.3 is 15.8 Å². The number of hydrogen-bond donors (Lipinski definition) is 2. The van der Waals surface area contributed by atoms with E-state index in [1.165, 1.54) is 0 Å². The Morgan fingerprint density at radius 2 is 1.95 bits per heavy atom. The van der Waals surface area contributed by atoms with Crippen molar-refractivity contribution in [2.24, 2.45) is 5.73 Å². The quantitative estimate of drug-likeness (QED) is 0.840. The summed E-state index contributed by atoms with van der Waals surface area (Å²) in [7, 11) is 1.62. The Labute approximate surface area is 121 Å². The lowest BCUT2D eigenvalue weighted by Gasteiger charge is -2.19. The number of amides is 1. The van der Waals surface area contributed by atoms with E-state index in [0.717, 1.165) is 17.5 Å². The van der Waals surface area contributed by atoms with Crippen LogP contribution in [0.25, 0.3) is 0 Å². The van der Waals surface area contributed by atoms with Gasteiger partial charge in [-0.3, -0.25) is 4.79 Å². The predicted molar refractivity (Wildman–Crippen MR) is 79.5 cm³/mol. The fourth-order valence-corrected chi connectivity index (χ4v) is 1.68. The van der Waals surface area contributed by atoms with Crippen LogP contribution in [-0.4, -0.2) is 25.7 Å². The number of methoxy groups -OCH3 is 1. The van der Waals surface area contributed by atoms with Crippen molar-refractivity contribution in [3.8, 4) is 0 Å². The first-order chi connectivity index (χ1) is 8.58. The van der Waals surface area contributed by atoms with Gasteiger partial charge in [-0.15, -0.1) is 12.4 Å². The van der Waals surface area contributed by atoms with E-state index >= 15 is 0 Å². The first-order valence-corrected chi connectivity index (χ1v) is 6.20. The Morgan fingerprint density at radius 1 is 1.37 bits per heavy atom. The highest BCUT2D eigenvalue weighted by atomic mass is 35.5. The molecule has 5 heteroatoms. The molecular formula is C14H23ClN2O2. The third-order valence-corrected chi connectivity index (χ3v) is 2.93. The second kappa shape index (κ2) is 8.91. The van der Waals surface area contributed by atoms with Crippen LogP contribution in [0.3, 0.4) is 0 Å². The van der Waals surface area contributed by atoms with Gasteiger partial charge in [0.2, 0.25) is 5.91 Å². The van der Waals surface area contributed by atoms with Crippen molar-refractivity contribution >= 4 is 18.3 Å². The lowest BCUT2D eigenvalue weighted by molar-refractivity contribution is -0.123. The van der Waals surface area contributed by atoms with Crippen LogP contribution in [0.4, 0.5) is 0 Å². The minimum absolute atomic E-state index is 0. The second-order valence-electron chi connectivity index (χ2n) is 4.46. The number of nitrogens with two attached hydrogens (primary N) is 1. The van der Waals surface area contributed by atoms with Crippen molar-refractivity contribution in [3.63, 3.8) is 0 Å². The summed E-state index contributed by atoms with van der Waals surface area (Å²) in [5.41, 5.74) is 7.91. The molecule has 0 aliphatic rings. The van der Waals surface area contributed by atoms with Crippen LogP contribution in [-0.2, 0) is 9.53 Å². The molecule has 0 aliphatic carbocycles. The molecule has 1 aromatic carbocycles. The van der Waals surface area contributed by atoms with Gasteiger partial charge >= 0.3 is 0 Å². The molecule has 19 heavy (non-hydrogen) atoms. The molecule has 0 saturated heterocycles. The van der Waals surface area contributed by atoms with Crippen LogP contribution in [0.2, 0.25) is 0 Å². The zero-order valence-corrected chi connectivity index (χ0v) is 12.5. The number of carbonyl (C=O) groups excluding carboxylic acids is 1. The number of halogens is 1. The fourth-order valence-electron chi connectivity index (χ4n) is 1.68. The first-order valence-electron chi connectivity index (χ1n) is 6.20. The van der Waals surface area contributed by atoms with Crippen LogP contribution >= 0.6 is 12.4 Å². The number of aryl methyl sites for hydroxylation is 1. The number of ether oxygens (including phenoxy) is 1. The molecule has 0 aliphatic heterocycles. The smallest absolute Gasteiger partial charge is 0.241 e. The number of nitrogens with one attached hydrogen (secondary N) is 1. The van der Waals surface area contributed by atoms with Crippen molar-refractivity contribution < 1.29 is 9.53 Å². The zero-order chi connectivity index (χ0) is 13.5. The van der Waals surface area contributed by atoms with Crippen LogP contribution in [0.1, 0.15) is 30.5 Å². The summed E-state index contributed by atoms with van der Waals surface area (Å²) in [5.74, 6) is -0.164. The van der Waals surface area contributed by atoms with Gasteiger partial charge in [0.05, 0.1) is 12.6 Å². The minimum Gasteiger partial charge on any atom is -0.383 e. The monoisotopic (exact) mass is 286 g/mol. The Kier molecular flexibility index (Phi) is 8.39. The molecule has 1 amide bonds. The molecule has 2 atom stereocenters. The topological polar surface area (TPSA) is 64.3 Å². The van der Waals surface area contributed by atoms with E-state index in [-0.39, 0.29) is 24.4 Å². The molecule has 0 heterocycles. The molecule has 4 nitrogen and oxygen atoms in total. The highest BCUT2D eigenvalue weighted by Crippen LogP contribution is 2.12. The highest BCUT2D eigenvalue weighted by Gasteiger charge is 2.18. The predicted octanol–water partition coefficient (Wildman–Crippen LogP) is 1.96. The Morgan fingerprint density at radius 3 is 2.42 bits per heavy atom. The third-order valence-electron chi connectivity index (χ3n) is 2.93. The average Bonchev–Trinajstić information content (AvgIpc) is 2.38. The number of rotatable bonds is 6. The fraction of sp³-hybridized carbons (Fsp3) is 0.500. The Bertz CT molecular complexity index is 382. The van der Waals surface area contributed by atoms with Gasteiger partial charge in [-0.2, -0.15) is 0 Å². The van der Waals surface area contributed by atoms with E-state index in [2.05, 4.69) is 5.32 Å². The minimum atomic E-state index is -0.628. The molecule has 0 fully saturated rings. The average molecular weight is 287 g/mol. The van der Waals surface area contributed by atoms with Gasteiger partial charge in [0, 0.05) is 7.11 Å². The molecule has 0 aromatic heterocycles. The van der Waals surface area contributed by atoms with Crippen LogP contribution in [0.15, 0.2) is 24.3 Å². The maximum atomic E-state index is 12.0. The summed E-state index contributed by atoms with van der Waals surface area (Å²) in [4.78, 5) is 12.0. The molecule has 0 saturated carbocycles. The molecule has 3 N–H and O–H groups in total. The maximum absolute atomic E-state index is 12.0. The van der Waals surface area contributed by atoms with E-state index < -0.39 is 6.04 Å². The molecule has 1 aromatic rings. The molecular weight excluding hydrogens is 264 g/mol. The standard InChI is InChI=1S/C14H22N2O2.ClH/c1-4-12(9-18-3)16-14(17)13(15)11-7-5-10(2)6-8-11;/h5-8,12-13H,4,9,15H2,1-3H3,(H,16,17);1H. The van der Waals surface area contributed by atoms with Crippen molar-refractivity contribution in [1.29, 1.82) is 0 Å². The van der Waals surface area contributed by atoms with Gasteiger partial charge in [0.25, 0.3) is 0 Å². The summed E-state index contributed by atoms with van der Waals surface area (Å²) in [6.07, 6.45) is 0.820. The van der Waals surface area contributed by atoms with E-state index in [4.69, 9.17) is 10.5 Å². The van der Waals surface area contributed by atoms with Crippen molar-refractivity contribution in [3.05, 3.63) is 35.4 Å². The molecule has 0 radical (unpaired) electrons. The summed E-state index contributed by atoms with van der Waals surface area (Å²) >= 11 is 0. The Hall–Kier alpha value is -1.10. The number of carbonyl (C=O) groups is 1. The summed E-state index contributed by atoms with van der Waals surface area (Å²) in [6.45, 7) is 4.51. The van der Waals surface area contributed by atoms with Gasteiger partial charge in [0.15, 0.2) is 0 Å². The van der Waals surface area contributed by atoms with Crippen molar-refractivity contribution in [1.82, 2.24) is 5.32 Å². The molecule has 0 bridgehead atoms. The SMILES string of the molecule is CCC(COC)NC(=O)C(N)c1ccc(C)cc1.Cl. The van der Waals surface area contributed by atoms with Crippen LogP contribution in [0.5, 0.6) is 0 Å². The van der Waals surface area contributed by atoms with Gasteiger partial charge in [0.1, 0.15) is 6.04 Å². The van der Waals surface area contributed by atoms with E-state index in [1.54, 1.807) is 7.11 Å². The molecule has 1 rings (SSSR count). The second-order valence-corrected chi connectivity index (χ2v) is 4.46. The first kappa shape index (κ1) is 17.9. The highest BCUT2D eigenvalue weighted by molar-refractivity contribution is 5.85. The molecule has 0 spiro atoms. The van der Waals surface area contributed by atoms with Crippen molar-refractivity contribution in [2.45, 2.75) is 32.4 Å². The maximum Gasteiger partial charge on any atom is 0.241 e. The van der Waals surface area contributed by atoms with Crippen LogP contribution < -0.4 is 11.1 Å². The van der Waals surface area contributed by atoms with Crippen molar-refractivity contribution in [2.75, 3.05) is 13.7 Å². The van der Waals surface area contributed by atoms with E-state index in [1.807, 2.05) is 38.1 Å². The third kappa shape index (κ3) is 5.59. The Balaban J connectivity index is 0.00000324. The summed E-state index contributed by atoms with van der Waals surface area (Å²) in [5, 5.41) is 2.89. The van der Waals surface area contributed by atoms with E-state index in [9.17, 15) is 4.79 Å². The van der Waals surface area contributed by atoms with Gasteiger partial charge in [-0.05, 0) is 18.9 Å².